The van der Waals surface area contributed by atoms with Gasteiger partial charge in [0.1, 0.15) is 0 Å². The predicted octanol–water partition coefficient (Wildman–Crippen LogP) is 10.4. The SMILES string of the molecule is CC([SiH3])(CCCP(C1CCCCC1)C1CCCCC1)CCCP(C1CCCCC1)C1CCCCC1. The largest absolute Gasteiger partial charge is 0.100 e. The van der Waals surface area contributed by atoms with Gasteiger partial charge in [0, 0.05) is 10.2 Å². The normalized spacial score (nSPS) is 25.1. The van der Waals surface area contributed by atoms with Gasteiger partial charge < -0.3 is 0 Å². The monoisotopic (exact) mass is 536 g/mol. The third-order valence-electron chi connectivity index (χ3n) is 10.7. The summed E-state index contributed by atoms with van der Waals surface area (Å²) >= 11 is 0. The van der Waals surface area contributed by atoms with E-state index < -0.39 is 0 Å². The smallest absolute Gasteiger partial charge is 0.0103 e. The molecule has 0 aromatic heterocycles. The third kappa shape index (κ3) is 9.65. The summed E-state index contributed by atoms with van der Waals surface area (Å²) < 4.78 is 0. The van der Waals surface area contributed by atoms with Crippen molar-refractivity contribution in [2.75, 3.05) is 12.3 Å². The van der Waals surface area contributed by atoms with Crippen molar-refractivity contribution in [3.8, 4) is 0 Å². The van der Waals surface area contributed by atoms with Crippen molar-refractivity contribution in [2.45, 2.75) is 189 Å². The standard InChI is InChI=1S/C32H62P2Si/c1-32(35,24-14-26-33(28-16-6-2-7-17-28)29-18-8-3-9-19-29)25-15-27-34(30-20-10-4-11-21-30)31-22-12-5-13-23-31/h28-31H,2-27H2,1,35H3. The van der Waals surface area contributed by atoms with Crippen molar-refractivity contribution in [1.29, 1.82) is 0 Å². The van der Waals surface area contributed by atoms with Crippen LogP contribution in [0.1, 0.15) is 161 Å². The molecule has 0 amide bonds. The summed E-state index contributed by atoms with van der Waals surface area (Å²) in [5, 5.41) is 0.722. The zero-order valence-electron chi connectivity index (χ0n) is 24.1. The van der Waals surface area contributed by atoms with E-state index in [9.17, 15) is 0 Å². The molecule has 0 aromatic rings. The van der Waals surface area contributed by atoms with Crippen LogP contribution >= 0.6 is 15.8 Å². The number of hydrogen-bond acceptors (Lipinski definition) is 0. The molecule has 0 radical (unpaired) electrons. The van der Waals surface area contributed by atoms with E-state index in [2.05, 4.69) is 6.92 Å². The molecule has 0 unspecified atom stereocenters. The van der Waals surface area contributed by atoms with Gasteiger partial charge in [-0.05, 0) is 104 Å². The summed E-state index contributed by atoms with van der Waals surface area (Å²) in [5.74, 6) is 0. The Morgan fingerprint density at radius 1 is 0.486 bits per heavy atom. The zero-order chi connectivity index (χ0) is 24.3. The molecule has 0 nitrogen and oxygen atoms in total. The highest BCUT2D eigenvalue weighted by molar-refractivity contribution is 7.59. The van der Waals surface area contributed by atoms with Gasteiger partial charge in [-0.25, -0.2) is 0 Å². The third-order valence-corrected chi connectivity index (χ3v) is 19.2. The van der Waals surface area contributed by atoms with E-state index in [-0.39, 0.29) is 0 Å². The Morgan fingerprint density at radius 2 is 0.743 bits per heavy atom. The molecule has 0 bridgehead atoms. The molecule has 35 heavy (non-hydrogen) atoms. The van der Waals surface area contributed by atoms with E-state index in [0.717, 1.165) is 27.7 Å². The van der Waals surface area contributed by atoms with Crippen molar-refractivity contribution in [3.05, 3.63) is 0 Å². The summed E-state index contributed by atoms with van der Waals surface area (Å²) in [5.41, 5.74) is 4.65. The molecule has 4 aliphatic rings. The summed E-state index contributed by atoms with van der Waals surface area (Å²) in [6.45, 7) is 2.70. The first-order valence-electron chi connectivity index (χ1n) is 16.6. The Morgan fingerprint density at radius 3 is 1.00 bits per heavy atom. The highest BCUT2D eigenvalue weighted by Crippen LogP contribution is 2.58. The minimum atomic E-state index is 0.328. The topological polar surface area (TPSA) is 0 Å². The molecular formula is C32H62P2Si. The minimum absolute atomic E-state index is 0.328. The average Bonchev–Trinajstić information content (AvgIpc) is 2.91. The van der Waals surface area contributed by atoms with Crippen LogP contribution in [0.4, 0.5) is 0 Å². The highest BCUT2D eigenvalue weighted by Gasteiger charge is 2.33. The highest BCUT2D eigenvalue weighted by atomic mass is 31.1. The van der Waals surface area contributed by atoms with Crippen LogP contribution in [0.5, 0.6) is 0 Å². The van der Waals surface area contributed by atoms with E-state index >= 15 is 0 Å². The van der Waals surface area contributed by atoms with Gasteiger partial charge in [-0.15, -0.1) is 15.8 Å². The molecule has 0 spiro atoms. The van der Waals surface area contributed by atoms with Gasteiger partial charge >= 0.3 is 0 Å². The van der Waals surface area contributed by atoms with Gasteiger partial charge in [-0.1, -0.05) is 96.8 Å². The Hall–Kier alpha value is 1.08. The Labute approximate surface area is 226 Å². The summed E-state index contributed by atoms with van der Waals surface area (Å²) in [4.78, 5) is 0. The molecular weight excluding hydrogens is 474 g/mol. The van der Waals surface area contributed by atoms with Gasteiger partial charge in [0.05, 0.1) is 0 Å². The van der Waals surface area contributed by atoms with Crippen molar-refractivity contribution in [2.24, 2.45) is 0 Å². The quantitative estimate of drug-likeness (QED) is 0.172. The lowest BCUT2D eigenvalue weighted by Crippen LogP contribution is -2.23. The first kappa shape index (κ1) is 29.1. The molecule has 4 rings (SSSR count). The van der Waals surface area contributed by atoms with Crippen LogP contribution in [-0.4, -0.2) is 45.2 Å². The van der Waals surface area contributed by atoms with Crippen molar-refractivity contribution in [3.63, 3.8) is 0 Å². The van der Waals surface area contributed by atoms with Crippen molar-refractivity contribution >= 4 is 26.1 Å². The molecule has 0 atom stereocenters. The molecule has 3 heteroatoms. The molecule has 0 saturated heterocycles. The van der Waals surface area contributed by atoms with E-state index in [1.807, 2.05) is 0 Å². The number of rotatable bonds is 12. The fourth-order valence-corrected chi connectivity index (χ4v) is 17.1. The minimum Gasteiger partial charge on any atom is -0.100 e. The van der Waals surface area contributed by atoms with Crippen molar-refractivity contribution in [1.82, 2.24) is 0 Å². The second-order valence-electron chi connectivity index (χ2n) is 14.0. The van der Waals surface area contributed by atoms with Crippen LogP contribution in [0, 0.1) is 0 Å². The maximum Gasteiger partial charge on any atom is 0.0103 e. The Balaban J connectivity index is 1.23. The fraction of sp³-hybridized carbons (Fsp3) is 1.00. The Kier molecular flexibility index (Phi) is 13.0. The van der Waals surface area contributed by atoms with E-state index in [1.54, 1.807) is 141 Å². The van der Waals surface area contributed by atoms with Crippen LogP contribution in [0.3, 0.4) is 0 Å². The average molecular weight is 537 g/mol. The van der Waals surface area contributed by atoms with Gasteiger partial charge in [0.25, 0.3) is 0 Å². The van der Waals surface area contributed by atoms with Crippen LogP contribution in [0.15, 0.2) is 0 Å². The van der Waals surface area contributed by atoms with Crippen LogP contribution in [-0.2, 0) is 0 Å². The zero-order valence-corrected chi connectivity index (χ0v) is 27.9. The lowest BCUT2D eigenvalue weighted by atomic mass is 9.99. The number of hydrogen-bond donors (Lipinski definition) is 0. The van der Waals surface area contributed by atoms with E-state index in [1.165, 1.54) is 35.9 Å². The lowest BCUT2D eigenvalue weighted by Gasteiger charge is -2.40. The maximum absolute atomic E-state index is 2.70. The van der Waals surface area contributed by atoms with Gasteiger partial charge in [0.2, 0.25) is 0 Å². The molecule has 0 N–H and O–H groups in total. The lowest BCUT2D eigenvalue weighted by molar-refractivity contribution is 0.475. The van der Waals surface area contributed by atoms with Gasteiger partial charge in [0.15, 0.2) is 0 Å². The van der Waals surface area contributed by atoms with Crippen LogP contribution in [0.2, 0.25) is 5.04 Å². The molecule has 0 aliphatic heterocycles. The molecule has 4 aliphatic carbocycles. The van der Waals surface area contributed by atoms with Crippen LogP contribution < -0.4 is 0 Å². The van der Waals surface area contributed by atoms with Gasteiger partial charge in [-0.2, -0.15) is 0 Å². The molecule has 0 aromatic carbocycles. The first-order valence-corrected chi connectivity index (χ1v) is 21.0. The Bertz CT molecular complexity index is 470. The fourth-order valence-electron chi connectivity index (χ4n) is 8.58. The summed E-state index contributed by atoms with van der Waals surface area (Å²) in [6.07, 6.45) is 41.0. The summed E-state index contributed by atoms with van der Waals surface area (Å²) in [7, 11) is 2.08. The molecule has 4 saturated carbocycles. The predicted molar refractivity (Wildman–Crippen MR) is 168 cm³/mol. The first-order chi connectivity index (χ1) is 17.1. The van der Waals surface area contributed by atoms with Gasteiger partial charge in [-0.3, -0.25) is 0 Å². The second kappa shape index (κ2) is 15.6. The summed E-state index contributed by atoms with van der Waals surface area (Å²) in [6, 6.07) is 0. The molecule has 4 fully saturated rings. The van der Waals surface area contributed by atoms with Crippen LogP contribution in [0.25, 0.3) is 0 Å². The second-order valence-corrected chi connectivity index (χ2v) is 22.3. The van der Waals surface area contributed by atoms with E-state index in [0.29, 0.717) is 15.8 Å². The maximum atomic E-state index is 2.70. The molecule has 0 heterocycles. The van der Waals surface area contributed by atoms with E-state index in [4.69, 9.17) is 0 Å². The molecule has 204 valence electrons. The van der Waals surface area contributed by atoms with Crippen molar-refractivity contribution < 1.29 is 0 Å².